The van der Waals surface area contributed by atoms with E-state index in [-0.39, 0.29) is 17.6 Å². The monoisotopic (exact) mass is 394 g/mol. The molecule has 0 aliphatic heterocycles. The first-order valence-electron chi connectivity index (χ1n) is 9.69. The molecule has 1 rings (SSSR count). The van der Waals surface area contributed by atoms with Crippen LogP contribution in [0.5, 0.6) is 0 Å². The minimum absolute atomic E-state index is 0.0309. The van der Waals surface area contributed by atoms with Crippen molar-refractivity contribution in [1.82, 2.24) is 0 Å². The molecule has 0 radical (unpaired) electrons. The van der Waals surface area contributed by atoms with Crippen LogP contribution in [-0.4, -0.2) is 21.5 Å². The third-order valence-corrected chi connectivity index (χ3v) is 10.5. The van der Waals surface area contributed by atoms with Gasteiger partial charge in [-0.05, 0) is 24.6 Å². The van der Waals surface area contributed by atoms with Crippen molar-refractivity contribution in [2.75, 3.05) is 0 Å². The Bertz CT molecular complexity index is 637. The Morgan fingerprint density at radius 3 is 2.27 bits per heavy atom. The Morgan fingerprint density at radius 2 is 1.81 bits per heavy atom. The van der Waals surface area contributed by atoms with Gasteiger partial charge >= 0.3 is 0 Å². The number of aliphatic hydroxyl groups is 1. The molecule has 1 aromatic rings. The highest BCUT2D eigenvalue weighted by atomic mass is 28.4. The van der Waals surface area contributed by atoms with Crippen LogP contribution in [0.1, 0.15) is 63.3 Å². The maximum atomic E-state index is 9.98. The first-order chi connectivity index (χ1) is 11.8. The predicted octanol–water partition coefficient (Wildman–Crippen LogP) is 6.06. The summed E-state index contributed by atoms with van der Waals surface area (Å²) in [6.07, 6.45) is 3.74. The van der Waals surface area contributed by atoms with E-state index in [2.05, 4.69) is 71.9 Å². The van der Waals surface area contributed by atoms with Gasteiger partial charge in [0.1, 0.15) is 13.8 Å². The molecule has 0 fully saturated rings. The van der Waals surface area contributed by atoms with Crippen molar-refractivity contribution in [3.63, 3.8) is 0 Å². The van der Waals surface area contributed by atoms with E-state index in [1.54, 1.807) is 6.26 Å². The molecule has 1 heterocycles. The highest BCUT2D eigenvalue weighted by molar-refractivity contribution is 6.83. The highest BCUT2D eigenvalue weighted by Gasteiger charge is 2.37. The Hall–Kier alpha value is -0.806. The van der Waals surface area contributed by atoms with Crippen LogP contribution in [0.3, 0.4) is 0 Å². The molecule has 5 heteroatoms. The van der Waals surface area contributed by atoms with Crippen LogP contribution in [0, 0.1) is 11.5 Å². The Balaban J connectivity index is 3.10. The quantitative estimate of drug-likeness (QED) is 0.451. The van der Waals surface area contributed by atoms with E-state index >= 15 is 0 Å². The Kier molecular flexibility index (Phi) is 7.97. The minimum Gasteiger partial charge on any atom is -0.467 e. The lowest BCUT2D eigenvalue weighted by Gasteiger charge is -2.36. The van der Waals surface area contributed by atoms with Crippen molar-refractivity contribution < 1.29 is 13.9 Å². The van der Waals surface area contributed by atoms with E-state index in [4.69, 9.17) is 8.84 Å². The van der Waals surface area contributed by atoms with E-state index < -0.39 is 16.4 Å². The lowest BCUT2D eigenvalue weighted by Crippen LogP contribution is -2.40. The molecule has 0 bridgehead atoms. The first kappa shape index (κ1) is 23.2. The number of hydrogen-bond acceptors (Lipinski definition) is 3. The summed E-state index contributed by atoms with van der Waals surface area (Å²) in [7, 11) is -3.29. The average molecular weight is 395 g/mol. The minimum atomic E-state index is -1.84. The third-order valence-electron chi connectivity index (χ3n) is 5.08. The van der Waals surface area contributed by atoms with Gasteiger partial charge in [0.2, 0.25) is 0 Å². The molecule has 0 saturated carbocycles. The topological polar surface area (TPSA) is 42.6 Å². The van der Waals surface area contributed by atoms with Crippen molar-refractivity contribution in [1.29, 1.82) is 0 Å². The lowest BCUT2D eigenvalue weighted by atomic mass is 9.97. The predicted molar refractivity (Wildman–Crippen MR) is 115 cm³/mol. The molecule has 0 amide bonds. The zero-order chi connectivity index (χ0) is 20.2. The van der Waals surface area contributed by atoms with Gasteiger partial charge in [0.25, 0.3) is 0 Å². The molecule has 3 nitrogen and oxygen atoms in total. The number of aliphatic hydroxyl groups excluding tert-OH is 1. The summed E-state index contributed by atoms with van der Waals surface area (Å²) in [5.41, 5.74) is 5.29. The second-order valence-electron chi connectivity index (χ2n) is 9.67. The van der Waals surface area contributed by atoms with Gasteiger partial charge in [-0.3, -0.25) is 0 Å². The molecular formula is C21H38O3Si2. The van der Waals surface area contributed by atoms with Gasteiger partial charge < -0.3 is 13.9 Å². The van der Waals surface area contributed by atoms with E-state index in [1.165, 1.54) is 0 Å². The maximum Gasteiger partial charge on any atom is 0.192 e. The van der Waals surface area contributed by atoms with Gasteiger partial charge in [-0.2, -0.15) is 0 Å². The fourth-order valence-corrected chi connectivity index (χ4v) is 3.92. The van der Waals surface area contributed by atoms with Crippen LogP contribution in [0.4, 0.5) is 0 Å². The number of rotatable bonds is 7. The second kappa shape index (κ2) is 8.92. The maximum absolute atomic E-state index is 9.98. The van der Waals surface area contributed by atoms with Crippen molar-refractivity contribution in [3.05, 3.63) is 23.2 Å². The SMILES string of the molecule is CCCC(C#C[Si](C)(C)C)c1occ(CO[Si](C)(C)C(C)(C)C)c1CO. The molecular weight excluding hydrogens is 356 g/mol. The van der Waals surface area contributed by atoms with E-state index in [1.807, 2.05) is 0 Å². The molecule has 1 aromatic heterocycles. The largest absolute Gasteiger partial charge is 0.467 e. The summed E-state index contributed by atoms with van der Waals surface area (Å²) >= 11 is 0. The second-order valence-corrected chi connectivity index (χ2v) is 19.2. The third kappa shape index (κ3) is 6.42. The fourth-order valence-electron chi connectivity index (χ4n) is 2.36. The molecule has 1 N–H and O–H groups in total. The molecule has 0 aliphatic rings. The lowest BCUT2D eigenvalue weighted by molar-refractivity contribution is 0.258. The molecule has 1 atom stereocenters. The first-order valence-corrected chi connectivity index (χ1v) is 16.1. The van der Waals surface area contributed by atoms with Crippen LogP contribution in [0.15, 0.2) is 10.7 Å². The summed E-state index contributed by atoms with van der Waals surface area (Å²) in [6, 6.07) is 0. The van der Waals surface area contributed by atoms with E-state index in [9.17, 15) is 5.11 Å². The van der Waals surface area contributed by atoms with Crippen LogP contribution in [0.25, 0.3) is 0 Å². The summed E-state index contributed by atoms with van der Waals surface area (Å²) in [5, 5.41) is 10.1. The number of furan rings is 1. The standard InChI is InChI=1S/C21H38O3Si2/c1-10-11-17(12-13-25(5,6)7)20-19(14-22)18(15-23-20)16-24-26(8,9)21(2,3)4/h15,17,22H,10-11,14,16H2,1-9H3. The van der Waals surface area contributed by atoms with Crippen LogP contribution >= 0.6 is 0 Å². The smallest absolute Gasteiger partial charge is 0.192 e. The molecule has 0 saturated heterocycles. The molecule has 26 heavy (non-hydrogen) atoms. The Labute approximate surface area is 162 Å². The van der Waals surface area contributed by atoms with Gasteiger partial charge in [0, 0.05) is 11.1 Å². The zero-order valence-electron chi connectivity index (χ0n) is 18.2. The fraction of sp³-hybridized carbons (Fsp3) is 0.714. The summed E-state index contributed by atoms with van der Waals surface area (Å²) in [4.78, 5) is 0. The van der Waals surface area contributed by atoms with Crippen molar-refractivity contribution >= 4 is 16.4 Å². The van der Waals surface area contributed by atoms with Gasteiger partial charge in [0.15, 0.2) is 8.32 Å². The van der Waals surface area contributed by atoms with Gasteiger partial charge in [0.05, 0.1) is 25.4 Å². The van der Waals surface area contributed by atoms with E-state index in [0.717, 1.165) is 29.7 Å². The van der Waals surface area contributed by atoms with Crippen molar-refractivity contribution in [2.24, 2.45) is 0 Å². The molecule has 0 aliphatic carbocycles. The number of hydrogen-bond donors (Lipinski definition) is 1. The van der Waals surface area contributed by atoms with Crippen LogP contribution in [0.2, 0.25) is 37.8 Å². The Morgan fingerprint density at radius 1 is 1.19 bits per heavy atom. The van der Waals surface area contributed by atoms with Crippen LogP contribution in [-0.2, 0) is 17.6 Å². The van der Waals surface area contributed by atoms with Crippen molar-refractivity contribution in [3.8, 4) is 11.5 Å². The molecule has 0 spiro atoms. The van der Waals surface area contributed by atoms with Gasteiger partial charge in [-0.25, -0.2) is 0 Å². The molecule has 0 aromatic carbocycles. The zero-order valence-corrected chi connectivity index (χ0v) is 20.2. The summed E-state index contributed by atoms with van der Waals surface area (Å²) in [5.74, 6) is 4.32. The van der Waals surface area contributed by atoms with Gasteiger partial charge in [-0.1, -0.05) is 59.7 Å². The van der Waals surface area contributed by atoms with Gasteiger partial charge in [-0.15, -0.1) is 5.54 Å². The summed E-state index contributed by atoms with van der Waals surface area (Å²) < 4.78 is 12.2. The average Bonchev–Trinajstić information content (AvgIpc) is 2.90. The molecule has 1 unspecified atom stereocenters. The van der Waals surface area contributed by atoms with Crippen LogP contribution < -0.4 is 0 Å². The summed E-state index contributed by atoms with van der Waals surface area (Å²) in [6.45, 7) is 20.5. The molecule has 148 valence electrons. The normalized spacial score (nSPS) is 14.1. The van der Waals surface area contributed by atoms with E-state index in [0.29, 0.717) is 6.61 Å². The highest BCUT2D eigenvalue weighted by Crippen LogP contribution is 2.38. The van der Waals surface area contributed by atoms with Crippen molar-refractivity contribution in [2.45, 2.75) is 97.4 Å².